The Kier molecular flexibility index (Phi) is 6.90. The number of likely N-dealkylation sites (N-methyl/N-ethyl adjacent to an activating group) is 1. The Balaban J connectivity index is 1.44. The van der Waals surface area contributed by atoms with E-state index in [0.717, 1.165) is 11.1 Å². The van der Waals surface area contributed by atoms with Gasteiger partial charge in [-0.2, -0.15) is 0 Å². The van der Waals surface area contributed by atoms with Gasteiger partial charge in [0, 0.05) is 57.8 Å². The third-order valence-corrected chi connectivity index (χ3v) is 8.57. The van der Waals surface area contributed by atoms with Gasteiger partial charge in [0.15, 0.2) is 12.8 Å². The number of hydrogen-bond acceptors (Lipinski definition) is 8. The maximum atomic E-state index is 13.8. The Morgan fingerprint density at radius 2 is 1.98 bits per heavy atom. The minimum Gasteiger partial charge on any atom is -0.482 e. The molecule has 0 aromatic heterocycles. The molecule has 11 nitrogen and oxygen atoms in total. The lowest BCUT2D eigenvalue weighted by molar-refractivity contribution is -0.149. The monoisotopic (exact) mass is 584 g/mol. The van der Waals surface area contributed by atoms with E-state index >= 15 is 0 Å². The van der Waals surface area contributed by atoms with Crippen LogP contribution in [0.15, 0.2) is 48.7 Å². The van der Waals surface area contributed by atoms with Gasteiger partial charge in [-0.05, 0) is 61.9 Å². The molecule has 0 spiro atoms. The smallest absolute Gasteiger partial charge is 0.264 e. The summed E-state index contributed by atoms with van der Waals surface area (Å²) in [5, 5.41) is 20.7. The van der Waals surface area contributed by atoms with E-state index < -0.39 is 29.5 Å². The summed E-state index contributed by atoms with van der Waals surface area (Å²) in [6.07, 6.45) is 4.79. The number of piperidine rings is 1. The number of amides is 4. The molecule has 42 heavy (non-hydrogen) atoms. The summed E-state index contributed by atoms with van der Waals surface area (Å²) in [5.41, 5.74) is 2.58. The van der Waals surface area contributed by atoms with Crippen molar-refractivity contribution in [3.05, 3.63) is 65.4 Å². The van der Waals surface area contributed by atoms with E-state index in [1.807, 2.05) is 31.3 Å². The van der Waals surface area contributed by atoms with Gasteiger partial charge in [0.2, 0.25) is 5.91 Å². The lowest BCUT2D eigenvalue weighted by Gasteiger charge is -2.44. The number of nitrogens with zero attached hydrogens (tertiary/aromatic N) is 2. The Bertz CT molecular complexity index is 1590. The Hall–Kier alpha value is -4.42. The molecule has 2 aromatic rings. The van der Waals surface area contributed by atoms with E-state index in [1.54, 1.807) is 25.2 Å². The molecule has 4 amide bonds. The van der Waals surface area contributed by atoms with Crippen LogP contribution in [-0.4, -0.2) is 69.1 Å². The van der Waals surface area contributed by atoms with Crippen LogP contribution in [0.25, 0.3) is 5.57 Å². The fraction of sp³-hybridized carbons (Fsp3) is 0.333. The standard InChI is InChI=1S/C30H30N5O6Si/c1-16-12-17(7-10-31-16)19-13-23-22(34(2)25(37)15-41-23)14-21(19)32-20-5-3-4-18-26(20)28(39)35(27(18)38)30(9-11-42)8-6-24(36)33-29(30)40/h3-5,7,10,12-14,16,28,31-32,39H,6,8-9,11,15H2,1-2H3,(H,33,36,40)/t16?,28?,30-/m0/s1. The summed E-state index contributed by atoms with van der Waals surface area (Å²) in [7, 11) is 5.12. The fourth-order valence-electron chi connectivity index (χ4n) is 6.12. The quantitative estimate of drug-likeness (QED) is 0.300. The van der Waals surface area contributed by atoms with E-state index in [0.29, 0.717) is 34.4 Å². The van der Waals surface area contributed by atoms with Gasteiger partial charge < -0.3 is 25.4 Å². The average molecular weight is 585 g/mol. The number of imide groups is 1. The molecule has 4 aliphatic rings. The van der Waals surface area contributed by atoms with Crippen LogP contribution in [0.3, 0.4) is 0 Å². The topological polar surface area (TPSA) is 140 Å². The van der Waals surface area contributed by atoms with Crippen LogP contribution in [-0.2, 0) is 14.4 Å². The Morgan fingerprint density at radius 3 is 2.71 bits per heavy atom. The summed E-state index contributed by atoms with van der Waals surface area (Å²) in [5.74, 6) is -1.13. The minimum absolute atomic E-state index is 0.0542. The lowest BCUT2D eigenvalue weighted by Crippen LogP contribution is -2.63. The molecule has 2 unspecified atom stereocenters. The van der Waals surface area contributed by atoms with Gasteiger partial charge in [-0.15, -0.1) is 0 Å². The number of nitrogens with one attached hydrogen (secondary N) is 3. The second-order valence-electron chi connectivity index (χ2n) is 10.9. The van der Waals surface area contributed by atoms with E-state index in [1.165, 1.54) is 9.80 Å². The van der Waals surface area contributed by atoms with Crippen molar-refractivity contribution < 1.29 is 29.0 Å². The highest BCUT2D eigenvalue weighted by Gasteiger charge is 2.55. The highest BCUT2D eigenvalue weighted by atomic mass is 28.1. The van der Waals surface area contributed by atoms with E-state index in [-0.39, 0.29) is 43.4 Å². The molecule has 215 valence electrons. The van der Waals surface area contributed by atoms with Crippen LogP contribution in [0.1, 0.15) is 53.9 Å². The largest absolute Gasteiger partial charge is 0.482 e. The number of hydrogen-bond donors (Lipinski definition) is 4. The number of dihydropyridines is 1. The van der Waals surface area contributed by atoms with Crippen LogP contribution in [0.4, 0.5) is 17.1 Å². The van der Waals surface area contributed by atoms with Gasteiger partial charge in [0.05, 0.1) is 5.69 Å². The van der Waals surface area contributed by atoms with Gasteiger partial charge in [-0.25, -0.2) is 0 Å². The van der Waals surface area contributed by atoms with Crippen LogP contribution >= 0.6 is 0 Å². The average Bonchev–Trinajstić information content (AvgIpc) is 3.23. The van der Waals surface area contributed by atoms with E-state index in [2.05, 4.69) is 32.3 Å². The number of benzene rings is 2. The van der Waals surface area contributed by atoms with Crippen molar-refractivity contribution in [2.75, 3.05) is 23.9 Å². The number of ether oxygens (including phenoxy) is 1. The number of aliphatic hydroxyl groups is 1. The Morgan fingerprint density at radius 1 is 1.17 bits per heavy atom. The van der Waals surface area contributed by atoms with Crippen molar-refractivity contribution in [2.45, 2.75) is 50.0 Å². The molecule has 0 aliphatic carbocycles. The predicted octanol–water partition coefficient (Wildman–Crippen LogP) is 2.27. The molecule has 3 radical (unpaired) electrons. The molecule has 6 rings (SSSR count). The summed E-state index contributed by atoms with van der Waals surface area (Å²) in [6.45, 7) is 1.96. The second kappa shape index (κ2) is 10.4. The molecule has 1 saturated heterocycles. The number of rotatable bonds is 6. The van der Waals surface area contributed by atoms with Crippen molar-refractivity contribution in [1.29, 1.82) is 0 Å². The van der Waals surface area contributed by atoms with E-state index in [9.17, 15) is 24.3 Å². The molecule has 2 aromatic carbocycles. The highest BCUT2D eigenvalue weighted by molar-refractivity contribution is 6.11. The maximum absolute atomic E-state index is 13.8. The molecule has 3 atom stereocenters. The summed E-state index contributed by atoms with van der Waals surface area (Å²) < 4.78 is 5.76. The van der Waals surface area contributed by atoms with Crippen molar-refractivity contribution in [2.24, 2.45) is 0 Å². The van der Waals surface area contributed by atoms with Crippen molar-refractivity contribution in [3.8, 4) is 5.75 Å². The van der Waals surface area contributed by atoms with Gasteiger partial charge in [-0.3, -0.25) is 29.4 Å². The zero-order valence-electron chi connectivity index (χ0n) is 23.2. The van der Waals surface area contributed by atoms with Crippen LogP contribution in [0.5, 0.6) is 5.75 Å². The third-order valence-electron chi connectivity index (χ3n) is 8.32. The van der Waals surface area contributed by atoms with Gasteiger partial charge in [0.25, 0.3) is 17.7 Å². The molecule has 0 saturated carbocycles. The normalized spacial score (nSPS) is 24.9. The van der Waals surface area contributed by atoms with Gasteiger partial charge >= 0.3 is 0 Å². The number of allylic oxidation sites excluding steroid dienone is 2. The zero-order valence-corrected chi connectivity index (χ0v) is 24.2. The number of aliphatic hydroxyl groups excluding tert-OH is 1. The molecule has 4 N–H and O–H groups in total. The first-order chi connectivity index (χ1) is 20.1. The first kappa shape index (κ1) is 27.7. The molecular weight excluding hydrogens is 554 g/mol. The molecular formula is C30H30N5O6Si. The summed E-state index contributed by atoms with van der Waals surface area (Å²) >= 11 is 0. The second-order valence-corrected chi connectivity index (χ2v) is 11.4. The van der Waals surface area contributed by atoms with Crippen molar-refractivity contribution >= 4 is 56.5 Å². The number of anilines is 3. The minimum atomic E-state index is -1.44. The molecule has 4 heterocycles. The number of fused-ring (bicyclic) bond motifs is 2. The zero-order chi connectivity index (χ0) is 29.8. The van der Waals surface area contributed by atoms with Crippen LogP contribution < -0.4 is 25.6 Å². The fourth-order valence-corrected chi connectivity index (χ4v) is 6.53. The van der Waals surface area contributed by atoms with Crippen LogP contribution in [0.2, 0.25) is 6.04 Å². The predicted molar refractivity (Wildman–Crippen MR) is 156 cm³/mol. The first-order valence-electron chi connectivity index (χ1n) is 13.8. The third kappa shape index (κ3) is 4.38. The molecule has 1 fully saturated rings. The first-order valence-corrected chi connectivity index (χ1v) is 14.5. The van der Waals surface area contributed by atoms with Gasteiger partial charge in [0.1, 0.15) is 11.3 Å². The molecule has 4 aliphatic heterocycles. The van der Waals surface area contributed by atoms with Crippen LogP contribution in [0, 0.1) is 0 Å². The Labute approximate surface area is 246 Å². The molecule has 0 bridgehead atoms. The molecule has 12 heteroatoms. The van der Waals surface area contributed by atoms with Crippen molar-refractivity contribution in [1.82, 2.24) is 15.5 Å². The van der Waals surface area contributed by atoms with E-state index in [4.69, 9.17) is 4.74 Å². The maximum Gasteiger partial charge on any atom is 0.264 e. The highest BCUT2D eigenvalue weighted by Crippen LogP contribution is 2.47. The van der Waals surface area contributed by atoms with Gasteiger partial charge in [-0.1, -0.05) is 18.2 Å². The van der Waals surface area contributed by atoms with Crippen molar-refractivity contribution in [3.63, 3.8) is 0 Å². The number of carbonyl (C=O) groups is 4. The summed E-state index contributed by atoms with van der Waals surface area (Å²) in [4.78, 5) is 54.2. The number of carbonyl (C=O) groups excluding carboxylic acids is 4. The summed E-state index contributed by atoms with van der Waals surface area (Å²) in [6, 6.07) is 9.22. The SMILES string of the molecule is CC1C=C(c2cc3c(cc2Nc2cccc4c2C(O)N([C@]2(CC[Si])CCC(=O)NC2=O)C4=O)N(C)C(=O)CO3)C=CN1. The lowest BCUT2D eigenvalue weighted by atomic mass is 9.84.